The molecule has 7 heteroatoms. The van der Waals surface area contributed by atoms with E-state index in [1.807, 2.05) is 11.0 Å². The Morgan fingerprint density at radius 1 is 1.16 bits per heavy atom. The predicted molar refractivity (Wildman–Crippen MR) is 98.6 cm³/mol. The lowest BCUT2D eigenvalue weighted by Gasteiger charge is -2.37. The number of piperidine rings is 1. The maximum absolute atomic E-state index is 12.4. The maximum Gasteiger partial charge on any atom is 0.317 e. The summed E-state index contributed by atoms with van der Waals surface area (Å²) in [6.07, 6.45) is 6.04. The minimum absolute atomic E-state index is 0.0471. The number of carbonyl (C=O) groups excluding carboxylic acids is 1. The van der Waals surface area contributed by atoms with E-state index < -0.39 is 0 Å². The minimum atomic E-state index is 0.0471. The topological polar surface area (TPSA) is 64.6 Å². The normalized spacial score (nSPS) is 21.2. The van der Waals surface area contributed by atoms with Crippen LogP contribution in [-0.4, -0.2) is 77.7 Å². The molecule has 2 aliphatic rings. The molecule has 25 heavy (non-hydrogen) atoms. The Labute approximate surface area is 150 Å². The van der Waals surface area contributed by atoms with Crippen molar-refractivity contribution in [2.24, 2.45) is 5.92 Å². The molecule has 1 aromatic heterocycles. The number of hydrogen-bond donors (Lipinski definition) is 1. The summed E-state index contributed by atoms with van der Waals surface area (Å²) in [6.45, 7) is 10.5. The van der Waals surface area contributed by atoms with Gasteiger partial charge in [-0.15, -0.1) is 0 Å². The van der Waals surface area contributed by atoms with E-state index in [9.17, 15) is 4.79 Å². The van der Waals surface area contributed by atoms with Gasteiger partial charge in [0.1, 0.15) is 0 Å². The SMILES string of the molecule is CC1CCN(C(C)CNC(=O)N2CCN(c3ncccn3)CC2)CC1. The van der Waals surface area contributed by atoms with Crippen molar-refractivity contribution in [2.75, 3.05) is 50.7 Å². The minimum Gasteiger partial charge on any atom is -0.337 e. The second-order valence-corrected chi connectivity index (χ2v) is 7.28. The third-order valence-corrected chi connectivity index (χ3v) is 5.39. The van der Waals surface area contributed by atoms with Gasteiger partial charge >= 0.3 is 6.03 Å². The first-order valence-corrected chi connectivity index (χ1v) is 9.42. The second-order valence-electron chi connectivity index (χ2n) is 7.28. The number of amides is 2. The van der Waals surface area contributed by atoms with Crippen LogP contribution < -0.4 is 10.2 Å². The number of nitrogens with one attached hydrogen (secondary N) is 1. The fraction of sp³-hybridized carbons (Fsp3) is 0.722. The van der Waals surface area contributed by atoms with Crippen LogP contribution >= 0.6 is 0 Å². The molecule has 2 fully saturated rings. The Morgan fingerprint density at radius 3 is 2.44 bits per heavy atom. The van der Waals surface area contributed by atoms with Crippen molar-refractivity contribution < 1.29 is 4.79 Å². The molecule has 0 saturated carbocycles. The number of piperazine rings is 1. The number of nitrogens with zero attached hydrogens (tertiary/aromatic N) is 5. The predicted octanol–water partition coefficient (Wildman–Crippen LogP) is 1.43. The van der Waals surface area contributed by atoms with E-state index in [-0.39, 0.29) is 6.03 Å². The molecule has 2 amide bonds. The smallest absolute Gasteiger partial charge is 0.317 e. The molecular formula is C18H30N6O. The van der Waals surface area contributed by atoms with E-state index in [4.69, 9.17) is 0 Å². The molecule has 0 aliphatic carbocycles. The van der Waals surface area contributed by atoms with Crippen LogP contribution in [-0.2, 0) is 0 Å². The summed E-state index contributed by atoms with van der Waals surface area (Å²) in [5, 5.41) is 3.11. The molecule has 2 aliphatic heterocycles. The fourth-order valence-corrected chi connectivity index (χ4v) is 3.51. The van der Waals surface area contributed by atoms with Gasteiger partial charge in [-0.3, -0.25) is 4.90 Å². The number of likely N-dealkylation sites (tertiary alicyclic amines) is 1. The highest BCUT2D eigenvalue weighted by atomic mass is 16.2. The van der Waals surface area contributed by atoms with Crippen LogP contribution in [0.15, 0.2) is 18.5 Å². The van der Waals surface area contributed by atoms with Crippen LogP contribution in [0.5, 0.6) is 0 Å². The molecule has 2 saturated heterocycles. The summed E-state index contributed by atoms with van der Waals surface area (Å²) < 4.78 is 0. The first-order chi connectivity index (χ1) is 12.1. The van der Waals surface area contributed by atoms with Crippen molar-refractivity contribution in [1.82, 2.24) is 25.1 Å². The zero-order valence-electron chi connectivity index (χ0n) is 15.4. The molecule has 138 valence electrons. The number of aromatic nitrogens is 2. The number of hydrogen-bond acceptors (Lipinski definition) is 5. The highest BCUT2D eigenvalue weighted by molar-refractivity contribution is 5.74. The van der Waals surface area contributed by atoms with Gasteiger partial charge in [-0.1, -0.05) is 6.92 Å². The van der Waals surface area contributed by atoms with Gasteiger partial charge in [-0.05, 0) is 44.8 Å². The van der Waals surface area contributed by atoms with Gasteiger partial charge in [-0.2, -0.15) is 0 Å². The second kappa shape index (κ2) is 8.47. The molecule has 1 unspecified atom stereocenters. The molecule has 3 heterocycles. The van der Waals surface area contributed by atoms with Crippen LogP contribution in [0.3, 0.4) is 0 Å². The quantitative estimate of drug-likeness (QED) is 0.893. The third kappa shape index (κ3) is 4.81. The van der Waals surface area contributed by atoms with Crippen LogP contribution in [0.25, 0.3) is 0 Å². The Morgan fingerprint density at radius 2 is 1.80 bits per heavy atom. The summed E-state index contributed by atoms with van der Waals surface area (Å²) in [5.74, 6) is 1.58. The number of urea groups is 1. The number of anilines is 1. The van der Waals surface area contributed by atoms with Crippen LogP contribution in [0, 0.1) is 5.92 Å². The first-order valence-electron chi connectivity index (χ1n) is 9.42. The van der Waals surface area contributed by atoms with Crippen molar-refractivity contribution in [3.05, 3.63) is 18.5 Å². The van der Waals surface area contributed by atoms with E-state index in [1.54, 1.807) is 12.4 Å². The van der Waals surface area contributed by atoms with Crippen molar-refractivity contribution in [3.8, 4) is 0 Å². The molecule has 3 rings (SSSR count). The van der Waals surface area contributed by atoms with E-state index in [2.05, 4.69) is 38.9 Å². The Bertz CT molecular complexity index is 538. The summed E-state index contributed by atoms with van der Waals surface area (Å²) in [7, 11) is 0. The molecular weight excluding hydrogens is 316 g/mol. The zero-order valence-corrected chi connectivity index (χ0v) is 15.4. The van der Waals surface area contributed by atoms with Gasteiger partial charge in [0.15, 0.2) is 0 Å². The van der Waals surface area contributed by atoms with Crippen molar-refractivity contribution in [2.45, 2.75) is 32.7 Å². The molecule has 7 nitrogen and oxygen atoms in total. The first kappa shape index (κ1) is 17.9. The van der Waals surface area contributed by atoms with Gasteiger partial charge < -0.3 is 15.1 Å². The average Bonchev–Trinajstić information content (AvgIpc) is 2.67. The Balaban J connectivity index is 1.39. The van der Waals surface area contributed by atoms with E-state index in [1.165, 1.54) is 12.8 Å². The van der Waals surface area contributed by atoms with E-state index in [0.29, 0.717) is 19.1 Å². The summed E-state index contributed by atoms with van der Waals surface area (Å²) in [5.41, 5.74) is 0. The zero-order chi connectivity index (χ0) is 17.6. The van der Waals surface area contributed by atoms with Crippen molar-refractivity contribution >= 4 is 12.0 Å². The molecule has 1 atom stereocenters. The van der Waals surface area contributed by atoms with Crippen molar-refractivity contribution in [1.29, 1.82) is 0 Å². The van der Waals surface area contributed by atoms with Crippen LogP contribution in [0.2, 0.25) is 0 Å². The average molecular weight is 346 g/mol. The Hall–Kier alpha value is -1.89. The Kier molecular flexibility index (Phi) is 6.07. The fourth-order valence-electron chi connectivity index (χ4n) is 3.51. The number of carbonyl (C=O) groups is 1. The lowest BCUT2D eigenvalue weighted by molar-refractivity contribution is 0.141. The van der Waals surface area contributed by atoms with Crippen LogP contribution in [0.1, 0.15) is 26.7 Å². The maximum atomic E-state index is 12.4. The van der Waals surface area contributed by atoms with Gasteiger partial charge in [0.25, 0.3) is 0 Å². The molecule has 0 bridgehead atoms. The summed E-state index contributed by atoms with van der Waals surface area (Å²) in [4.78, 5) is 27.5. The molecule has 0 spiro atoms. The standard InChI is InChI=1S/C18H30N6O/c1-15-4-8-22(9-5-15)16(2)14-21-18(25)24-12-10-23(11-13-24)17-19-6-3-7-20-17/h3,6-7,15-16H,4-5,8-14H2,1-2H3,(H,21,25). The van der Waals surface area contributed by atoms with Gasteiger partial charge in [0.2, 0.25) is 5.95 Å². The molecule has 0 radical (unpaired) electrons. The van der Waals surface area contributed by atoms with Crippen molar-refractivity contribution in [3.63, 3.8) is 0 Å². The van der Waals surface area contributed by atoms with E-state index in [0.717, 1.165) is 44.6 Å². The van der Waals surface area contributed by atoms with Gasteiger partial charge in [0, 0.05) is 51.2 Å². The summed E-state index contributed by atoms with van der Waals surface area (Å²) in [6, 6.07) is 2.26. The van der Waals surface area contributed by atoms with Gasteiger partial charge in [0.05, 0.1) is 0 Å². The molecule has 0 aromatic carbocycles. The largest absolute Gasteiger partial charge is 0.337 e. The summed E-state index contributed by atoms with van der Waals surface area (Å²) >= 11 is 0. The lowest BCUT2D eigenvalue weighted by atomic mass is 9.98. The third-order valence-electron chi connectivity index (χ3n) is 5.39. The van der Waals surface area contributed by atoms with Gasteiger partial charge in [-0.25, -0.2) is 14.8 Å². The van der Waals surface area contributed by atoms with E-state index >= 15 is 0 Å². The van der Waals surface area contributed by atoms with Crippen LogP contribution in [0.4, 0.5) is 10.7 Å². The highest BCUT2D eigenvalue weighted by Gasteiger charge is 2.24. The number of rotatable bonds is 4. The lowest BCUT2D eigenvalue weighted by Crippen LogP contribution is -2.54. The highest BCUT2D eigenvalue weighted by Crippen LogP contribution is 2.17. The molecule has 1 aromatic rings. The molecule has 1 N–H and O–H groups in total. The monoisotopic (exact) mass is 346 g/mol.